The van der Waals surface area contributed by atoms with Gasteiger partial charge in [0.25, 0.3) is 0 Å². The van der Waals surface area contributed by atoms with Crippen LogP contribution in [0, 0.1) is 0 Å². The molecule has 62 valence electrons. The van der Waals surface area contributed by atoms with Crippen LogP contribution in [0.2, 0.25) is 0 Å². The lowest BCUT2D eigenvalue weighted by Crippen LogP contribution is -2.30. The molecular weight excluding hydrogens is 176 g/mol. The van der Waals surface area contributed by atoms with Gasteiger partial charge in [-0.2, -0.15) is 0 Å². The second kappa shape index (κ2) is 3.52. The van der Waals surface area contributed by atoms with Crippen LogP contribution in [-0.4, -0.2) is 26.8 Å². The molecule has 3 N–H and O–H groups in total. The number of hydrogen-bond acceptors (Lipinski definition) is 3. The Morgan fingerprint density at radius 1 is 1.50 bits per heavy atom. The van der Waals surface area contributed by atoms with Gasteiger partial charge < -0.3 is 5.32 Å². The van der Waals surface area contributed by atoms with Gasteiger partial charge in [-0.3, -0.25) is 0 Å². The highest BCUT2D eigenvalue weighted by atomic mass is 35.5. The van der Waals surface area contributed by atoms with Crippen LogP contribution in [0.4, 0.5) is 0 Å². The first kappa shape index (κ1) is 10.2. The minimum absolute atomic E-state index is 0. The SMILES string of the molecule is Cl.NS(=O)(=O)C1CCNC1. The van der Waals surface area contributed by atoms with Crippen molar-refractivity contribution in [1.29, 1.82) is 0 Å². The van der Waals surface area contributed by atoms with Crippen molar-refractivity contribution in [3.05, 3.63) is 0 Å². The maximum Gasteiger partial charge on any atom is 0.213 e. The van der Waals surface area contributed by atoms with E-state index in [1.54, 1.807) is 0 Å². The lowest BCUT2D eigenvalue weighted by Gasteiger charge is -2.01. The molecule has 0 aromatic rings. The van der Waals surface area contributed by atoms with Gasteiger partial charge in [0, 0.05) is 6.54 Å². The fourth-order valence-electron chi connectivity index (χ4n) is 0.909. The third-order valence-corrected chi connectivity index (χ3v) is 2.81. The summed E-state index contributed by atoms with van der Waals surface area (Å²) in [4.78, 5) is 0. The molecule has 0 aromatic heterocycles. The number of sulfonamides is 1. The Hall–Kier alpha value is 0.160. The predicted octanol–water partition coefficient (Wildman–Crippen LogP) is -0.941. The van der Waals surface area contributed by atoms with Crippen LogP contribution in [-0.2, 0) is 10.0 Å². The van der Waals surface area contributed by atoms with Crippen molar-refractivity contribution >= 4 is 22.4 Å². The van der Waals surface area contributed by atoms with Gasteiger partial charge in [-0.25, -0.2) is 13.6 Å². The molecule has 0 aromatic carbocycles. The van der Waals surface area contributed by atoms with Gasteiger partial charge >= 0.3 is 0 Å². The van der Waals surface area contributed by atoms with E-state index in [4.69, 9.17) is 5.14 Å². The van der Waals surface area contributed by atoms with Crippen LogP contribution in [0.3, 0.4) is 0 Å². The average Bonchev–Trinajstić information content (AvgIpc) is 2.08. The monoisotopic (exact) mass is 186 g/mol. The van der Waals surface area contributed by atoms with Crippen molar-refractivity contribution < 1.29 is 8.42 Å². The van der Waals surface area contributed by atoms with Crippen molar-refractivity contribution in [2.45, 2.75) is 11.7 Å². The van der Waals surface area contributed by atoms with E-state index < -0.39 is 10.0 Å². The molecule has 1 fully saturated rings. The molecule has 1 unspecified atom stereocenters. The Balaban J connectivity index is 0.000000810. The Morgan fingerprint density at radius 3 is 2.30 bits per heavy atom. The fraction of sp³-hybridized carbons (Fsp3) is 1.00. The van der Waals surface area contributed by atoms with Gasteiger partial charge in [-0.1, -0.05) is 0 Å². The highest BCUT2D eigenvalue weighted by Gasteiger charge is 2.24. The van der Waals surface area contributed by atoms with Crippen LogP contribution in [0.25, 0.3) is 0 Å². The van der Waals surface area contributed by atoms with E-state index >= 15 is 0 Å². The van der Waals surface area contributed by atoms with E-state index in [0.717, 1.165) is 6.54 Å². The molecule has 1 saturated heterocycles. The third kappa shape index (κ3) is 2.42. The lowest BCUT2D eigenvalue weighted by atomic mass is 10.4. The second-order valence-corrected chi connectivity index (χ2v) is 4.05. The fourth-order valence-corrected chi connectivity index (χ4v) is 1.71. The van der Waals surface area contributed by atoms with Crippen molar-refractivity contribution in [2.75, 3.05) is 13.1 Å². The number of hydrogen-bond donors (Lipinski definition) is 2. The van der Waals surface area contributed by atoms with Gasteiger partial charge in [-0.05, 0) is 13.0 Å². The van der Waals surface area contributed by atoms with Crippen LogP contribution < -0.4 is 10.5 Å². The molecule has 0 amide bonds. The van der Waals surface area contributed by atoms with E-state index in [1.165, 1.54) is 0 Å². The van der Waals surface area contributed by atoms with Crippen molar-refractivity contribution in [3.8, 4) is 0 Å². The lowest BCUT2D eigenvalue weighted by molar-refractivity contribution is 0.584. The molecule has 0 spiro atoms. The number of halogens is 1. The van der Waals surface area contributed by atoms with Crippen LogP contribution in [0.5, 0.6) is 0 Å². The van der Waals surface area contributed by atoms with E-state index in [1.807, 2.05) is 0 Å². The number of nitrogens with two attached hydrogens (primary N) is 1. The van der Waals surface area contributed by atoms with Gasteiger partial charge in [0.1, 0.15) is 0 Å². The van der Waals surface area contributed by atoms with Gasteiger partial charge in [0.05, 0.1) is 5.25 Å². The zero-order valence-corrected chi connectivity index (χ0v) is 7.04. The zero-order valence-electron chi connectivity index (χ0n) is 5.41. The molecule has 1 rings (SSSR count). The van der Waals surface area contributed by atoms with Gasteiger partial charge in [0.15, 0.2) is 0 Å². The predicted molar refractivity (Wildman–Crippen MR) is 41.6 cm³/mol. The quantitative estimate of drug-likeness (QED) is 0.555. The molecule has 0 saturated carbocycles. The summed E-state index contributed by atoms with van der Waals surface area (Å²) in [6.45, 7) is 1.28. The van der Waals surface area contributed by atoms with Gasteiger partial charge in [0.2, 0.25) is 10.0 Å². The normalized spacial score (nSPS) is 25.9. The summed E-state index contributed by atoms with van der Waals surface area (Å²) in [6, 6.07) is 0. The average molecular weight is 187 g/mol. The molecular formula is C4H11ClN2O2S. The first-order valence-electron chi connectivity index (χ1n) is 2.83. The summed E-state index contributed by atoms with van der Waals surface area (Å²) in [7, 11) is -3.27. The van der Waals surface area contributed by atoms with Crippen LogP contribution in [0.15, 0.2) is 0 Å². The maximum atomic E-state index is 10.6. The summed E-state index contributed by atoms with van der Waals surface area (Å²) in [6.07, 6.45) is 0.652. The van der Waals surface area contributed by atoms with E-state index in [0.29, 0.717) is 13.0 Å². The second-order valence-electron chi connectivity index (χ2n) is 2.20. The summed E-state index contributed by atoms with van der Waals surface area (Å²) >= 11 is 0. The highest BCUT2D eigenvalue weighted by Crippen LogP contribution is 2.04. The molecule has 1 heterocycles. The third-order valence-electron chi connectivity index (χ3n) is 1.48. The van der Waals surface area contributed by atoms with Crippen molar-refractivity contribution in [1.82, 2.24) is 5.32 Å². The number of nitrogens with one attached hydrogen (secondary N) is 1. The van der Waals surface area contributed by atoms with Crippen molar-refractivity contribution in [3.63, 3.8) is 0 Å². The largest absolute Gasteiger partial charge is 0.315 e. The highest BCUT2D eigenvalue weighted by molar-refractivity contribution is 7.89. The molecule has 1 aliphatic rings. The molecule has 0 bridgehead atoms. The molecule has 4 nitrogen and oxygen atoms in total. The molecule has 6 heteroatoms. The first-order valence-corrected chi connectivity index (χ1v) is 4.44. The van der Waals surface area contributed by atoms with Crippen molar-refractivity contribution in [2.24, 2.45) is 5.14 Å². The minimum Gasteiger partial charge on any atom is -0.315 e. The molecule has 0 aliphatic carbocycles. The number of rotatable bonds is 1. The van der Waals surface area contributed by atoms with Crippen LogP contribution >= 0.6 is 12.4 Å². The molecule has 1 atom stereocenters. The topological polar surface area (TPSA) is 72.2 Å². The van der Waals surface area contributed by atoms with Crippen LogP contribution in [0.1, 0.15) is 6.42 Å². The zero-order chi connectivity index (χ0) is 6.91. The van der Waals surface area contributed by atoms with E-state index in [-0.39, 0.29) is 17.7 Å². The standard InChI is InChI=1S/C4H10N2O2S.ClH/c5-9(7,8)4-1-2-6-3-4;/h4,6H,1-3H2,(H2,5,7,8);1H. The summed E-state index contributed by atoms with van der Waals surface area (Å²) in [5, 5.41) is 7.44. The maximum absolute atomic E-state index is 10.6. The Morgan fingerprint density at radius 2 is 2.10 bits per heavy atom. The molecule has 0 radical (unpaired) electrons. The smallest absolute Gasteiger partial charge is 0.213 e. The molecule has 1 aliphatic heterocycles. The first-order chi connectivity index (χ1) is 4.11. The number of primary sulfonamides is 1. The Bertz CT molecular complexity index is 185. The van der Waals surface area contributed by atoms with Gasteiger partial charge in [-0.15, -0.1) is 12.4 Å². The summed E-state index contributed by atoms with van der Waals surface area (Å²) in [5.74, 6) is 0. The summed E-state index contributed by atoms with van der Waals surface area (Å²) < 4.78 is 21.1. The van der Waals surface area contributed by atoms with E-state index in [2.05, 4.69) is 5.32 Å². The Labute approximate surface area is 66.6 Å². The minimum atomic E-state index is -3.27. The molecule has 10 heavy (non-hydrogen) atoms. The Kier molecular flexibility index (Phi) is 3.58. The summed E-state index contributed by atoms with van der Waals surface area (Å²) in [5.41, 5.74) is 0. The van der Waals surface area contributed by atoms with E-state index in [9.17, 15) is 8.42 Å².